The van der Waals surface area contributed by atoms with Crippen molar-refractivity contribution in [3.63, 3.8) is 0 Å². The lowest BCUT2D eigenvalue weighted by Gasteiger charge is -2.16. The van der Waals surface area contributed by atoms with Crippen molar-refractivity contribution in [1.82, 2.24) is 15.3 Å². The summed E-state index contributed by atoms with van der Waals surface area (Å²) in [6.07, 6.45) is 1.92. The fourth-order valence-electron chi connectivity index (χ4n) is 1.74. The Morgan fingerprint density at radius 3 is 2.79 bits per heavy atom. The minimum absolute atomic E-state index is 0.00147. The normalized spacial score (nSPS) is 10.8. The number of nitrogens with one attached hydrogen (secondary N) is 2. The molecule has 0 aliphatic rings. The molecule has 0 saturated heterocycles. The number of rotatable bonds is 7. The predicted molar refractivity (Wildman–Crippen MR) is 81.2 cm³/mol. The van der Waals surface area contributed by atoms with Crippen molar-refractivity contribution >= 4 is 27.8 Å². The number of hydrogen-bond donors (Lipinski definition) is 2. The number of nitrogens with zero attached hydrogens (tertiary/aromatic N) is 2. The molecule has 0 spiro atoms. The SMILES string of the molecule is CCN(CC)c1ncc(CNCc2csc(=O)[nH]2)s1. The molecule has 0 bridgehead atoms. The zero-order valence-corrected chi connectivity index (χ0v) is 12.7. The lowest BCUT2D eigenvalue weighted by atomic mass is 10.4. The van der Waals surface area contributed by atoms with Crippen molar-refractivity contribution in [3.05, 3.63) is 31.8 Å². The second kappa shape index (κ2) is 6.83. The van der Waals surface area contributed by atoms with Crippen molar-refractivity contribution in [2.45, 2.75) is 26.9 Å². The van der Waals surface area contributed by atoms with Crippen LogP contribution in [0.25, 0.3) is 0 Å². The minimum Gasteiger partial charge on any atom is -0.349 e. The Kier molecular flexibility index (Phi) is 5.12. The van der Waals surface area contributed by atoms with Gasteiger partial charge in [-0.25, -0.2) is 4.98 Å². The van der Waals surface area contributed by atoms with Gasteiger partial charge in [0, 0.05) is 48.3 Å². The van der Waals surface area contributed by atoms with E-state index in [1.54, 1.807) is 11.3 Å². The molecule has 2 rings (SSSR count). The zero-order valence-electron chi connectivity index (χ0n) is 11.1. The van der Waals surface area contributed by atoms with Crippen LogP contribution in [-0.4, -0.2) is 23.1 Å². The third kappa shape index (κ3) is 3.89. The number of aromatic nitrogens is 2. The molecule has 7 heteroatoms. The van der Waals surface area contributed by atoms with Crippen LogP contribution < -0.4 is 15.1 Å². The Hall–Kier alpha value is -1.18. The Balaban J connectivity index is 1.85. The van der Waals surface area contributed by atoms with Crippen molar-refractivity contribution in [3.8, 4) is 0 Å². The molecule has 0 unspecified atom stereocenters. The molecule has 2 aromatic heterocycles. The number of anilines is 1. The Morgan fingerprint density at radius 2 is 2.16 bits per heavy atom. The van der Waals surface area contributed by atoms with Gasteiger partial charge >= 0.3 is 4.87 Å². The molecule has 5 nitrogen and oxygen atoms in total. The van der Waals surface area contributed by atoms with Crippen LogP contribution in [0.15, 0.2) is 16.4 Å². The number of aromatic amines is 1. The number of thiazole rings is 2. The number of H-pyrrole nitrogens is 1. The van der Waals surface area contributed by atoms with Gasteiger partial charge in [-0.3, -0.25) is 4.79 Å². The molecular formula is C12H18N4OS2. The molecule has 2 aromatic rings. The first-order valence-electron chi connectivity index (χ1n) is 6.30. The first-order chi connectivity index (χ1) is 9.22. The summed E-state index contributed by atoms with van der Waals surface area (Å²) in [4.78, 5) is 21.7. The Bertz CT molecular complexity index is 556. The molecular weight excluding hydrogens is 280 g/mol. The van der Waals surface area contributed by atoms with E-state index in [4.69, 9.17) is 0 Å². The van der Waals surface area contributed by atoms with Gasteiger partial charge < -0.3 is 15.2 Å². The summed E-state index contributed by atoms with van der Waals surface area (Å²) < 4.78 is 0. The van der Waals surface area contributed by atoms with Gasteiger partial charge in [-0.05, 0) is 13.8 Å². The summed E-state index contributed by atoms with van der Waals surface area (Å²) in [6.45, 7) is 7.68. The van der Waals surface area contributed by atoms with E-state index in [1.165, 1.54) is 16.2 Å². The summed E-state index contributed by atoms with van der Waals surface area (Å²) in [6, 6.07) is 0. The second-order valence-corrected chi connectivity index (χ2v) is 5.99. The van der Waals surface area contributed by atoms with E-state index in [9.17, 15) is 4.79 Å². The molecule has 0 amide bonds. The lowest BCUT2D eigenvalue weighted by molar-refractivity contribution is 0.688. The van der Waals surface area contributed by atoms with Gasteiger partial charge in [-0.1, -0.05) is 11.3 Å². The van der Waals surface area contributed by atoms with Gasteiger partial charge in [0.2, 0.25) is 0 Å². The monoisotopic (exact) mass is 298 g/mol. The van der Waals surface area contributed by atoms with Gasteiger partial charge in [0.05, 0.1) is 0 Å². The van der Waals surface area contributed by atoms with Crippen LogP contribution in [0.4, 0.5) is 5.13 Å². The first kappa shape index (κ1) is 14.2. The van der Waals surface area contributed by atoms with E-state index in [-0.39, 0.29) is 4.87 Å². The lowest BCUT2D eigenvalue weighted by Crippen LogP contribution is -2.21. The van der Waals surface area contributed by atoms with Crippen LogP contribution in [-0.2, 0) is 13.1 Å². The molecule has 19 heavy (non-hydrogen) atoms. The third-order valence-electron chi connectivity index (χ3n) is 2.76. The summed E-state index contributed by atoms with van der Waals surface area (Å²) in [5.74, 6) is 0. The van der Waals surface area contributed by atoms with E-state index < -0.39 is 0 Å². The average molecular weight is 298 g/mol. The maximum absolute atomic E-state index is 11.0. The van der Waals surface area contributed by atoms with Crippen LogP contribution in [0.2, 0.25) is 0 Å². The van der Waals surface area contributed by atoms with Gasteiger partial charge in [-0.15, -0.1) is 11.3 Å². The Labute approximate surface area is 120 Å². The predicted octanol–water partition coefficient (Wildman–Crippen LogP) is 2.03. The number of hydrogen-bond acceptors (Lipinski definition) is 6. The van der Waals surface area contributed by atoms with E-state index in [2.05, 4.69) is 34.0 Å². The first-order valence-corrected chi connectivity index (χ1v) is 7.99. The summed E-state index contributed by atoms with van der Waals surface area (Å²) in [5.41, 5.74) is 0.934. The highest BCUT2D eigenvalue weighted by atomic mass is 32.1. The van der Waals surface area contributed by atoms with Crippen LogP contribution in [0.1, 0.15) is 24.4 Å². The highest BCUT2D eigenvalue weighted by molar-refractivity contribution is 7.15. The molecule has 2 heterocycles. The molecule has 0 fully saturated rings. The zero-order chi connectivity index (χ0) is 13.7. The summed E-state index contributed by atoms with van der Waals surface area (Å²) in [7, 11) is 0. The highest BCUT2D eigenvalue weighted by Gasteiger charge is 2.07. The standard InChI is InChI=1S/C12H18N4OS2/c1-3-16(4-2)11-14-7-10(19-11)6-13-5-9-8-18-12(17)15-9/h7-8,13H,3-6H2,1-2H3,(H,15,17). The topological polar surface area (TPSA) is 61.0 Å². The van der Waals surface area contributed by atoms with Crippen molar-refractivity contribution in [1.29, 1.82) is 0 Å². The minimum atomic E-state index is -0.00147. The molecule has 0 aliphatic carbocycles. The molecule has 0 radical (unpaired) electrons. The Morgan fingerprint density at radius 1 is 1.37 bits per heavy atom. The molecule has 0 atom stereocenters. The maximum Gasteiger partial charge on any atom is 0.304 e. The van der Waals surface area contributed by atoms with Gasteiger partial charge in [0.1, 0.15) is 0 Å². The van der Waals surface area contributed by atoms with Crippen molar-refractivity contribution < 1.29 is 0 Å². The fourth-order valence-corrected chi connectivity index (χ4v) is 3.33. The van der Waals surface area contributed by atoms with Gasteiger partial charge in [0.15, 0.2) is 5.13 Å². The molecule has 0 aromatic carbocycles. The fraction of sp³-hybridized carbons (Fsp3) is 0.500. The van der Waals surface area contributed by atoms with E-state index in [0.717, 1.165) is 30.5 Å². The molecule has 2 N–H and O–H groups in total. The van der Waals surface area contributed by atoms with Crippen molar-refractivity contribution in [2.24, 2.45) is 0 Å². The third-order valence-corrected chi connectivity index (χ3v) is 4.54. The van der Waals surface area contributed by atoms with Gasteiger partial charge in [-0.2, -0.15) is 0 Å². The van der Waals surface area contributed by atoms with Gasteiger partial charge in [0.25, 0.3) is 0 Å². The molecule has 104 valence electrons. The molecule has 0 saturated carbocycles. The smallest absolute Gasteiger partial charge is 0.304 e. The summed E-state index contributed by atoms with van der Waals surface area (Å²) >= 11 is 2.91. The largest absolute Gasteiger partial charge is 0.349 e. The van der Waals surface area contributed by atoms with Crippen LogP contribution in [0, 0.1) is 0 Å². The highest BCUT2D eigenvalue weighted by Crippen LogP contribution is 2.21. The second-order valence-electron chi connectivity index (χ2n) is 4.06. The van der Waals surface area contributed by atoms with Crippen LogP contribution in [0.3, 0.4) is 0 Å². The summed E-state index contributed by atoms with van der Waals surface area (Å²) in [5, 5.41) is 6.23. The quantitative estimate of drug-likeness (QED) is 0.821. The van der Waals surface area contributed by atoms with E-state index >= 15 is 0 Å². The van der Waals surface area contributed by atoms with E-state index in [0.29, 0.717) is 6.54 Å². The molecule has 0 aliphatic heterocycles. The maximum atomic E-state index is 11.0. The van der Waals surface area contributed by atoms with E-state index in [1.807, 2.05) is 11.6 Å². The van der Waals surface area contributed by atoms with Crippen LogP contribution in [0.5, 0.6) is 0 Å². The average Bonchev–Trinajstić information content (AvgIpc) is 3.01. The van der Waals surface area contributed by atoms with Crippen LogP contribution >= 0.6 is 22.7 Å². The van der Waals surface area contributed by atoms with Crippen molar-refractivity contribution in [2.75, 3.05) is 18.0 Å².